The number of likely N-dealkylation sites (N-methyl/N-ethyl adjacent to an activating group) is 1. The van der Waals surface area contributed by atoms with E-state index in [-0.39, 0.29) is 19.1 Å². The molecule has 410 valence electrons. The molecule has 9 heteroatoms. The molecule has 0 saturated carbocycles. The van der Waals surface area contributed by atoms with Crippen LogP contribution < -0.4 is 5.32 Å². The Bertz CT molecular complexity index is 1320. The topological polar surface area (TPSA) is 105 Å². The van der Waals surface area contributed by atoms with E-state index < -0.39 is 20.0 Å². The number of unbranched alkanes of at least 4 members (excludes halogenated alkanes) is 33. The lowest BCUT2D eigenvalue weighted by Gasteiger charge is -2.25. The molecule has 0 aliphatic carbocycles. The van der Waals surface area contributed by atoms with E-state index in [1.54, 1.807) is 6.08 Å². The molecule has 3 N–H and O–H groups in total. The number of aliphatic hydroxyl groups excluding tert-OH is 1. The highest BCUT2D eigenvalue weighted by Crippen LogP contribution is 2.43. The Morgan fingerprint density at radius 3 is 1.26 bits per heavy atom. The van der Waals surface area contributed by atoms with Crippen LogP contribution in [0.3, 0.4) is 0 Å². The number of nitrogens with one attached hydrogen (secondary N) is 1. The van der Waals surface area contributed by atoms with Crippen molar-refractivity contribution in [3.63, 3.8) is 0 Å². The molecule has 0 spiro atoms. The molecule has 0 saturated heterocycles. The molecular formula is C61H116N2O6P+. The quantitative estimate of drug-likeness (QED) is 0.0243. The summed E-state index contributed by atoms with van der Waals surface area (Å²) in [6, 6.07) is -0.849. The Kier molecular flexibility index (Phi) is 50.7. The normalized spacial score (nSPS) is 14.3. The fourth-order valence-electron chi connectivity index (χ4n) is 8.62. The standard InChI is InChI=1S/C61H115N2O6P/c1-6-8-10-12-14-16-18-20-22-24-26-28-29-30-31-32-33-35-37-39-41-43-45-47-49-51-53-55-61(65)62-59(58-69-70(66,67)68-57-56-63(3,4)5)60(64)54-52-50-48-46-44-42-40-38-36-34-27-25-23-21-19-17-15-13-11-9-7-2/h8,10,14,16,20,22,26,28,52,54,59-60,64H,6-7,9,11-13,15,17-19,21,23-25,27,29-51,53,55-58H2,1-5H3,(H-,62,65,66,67)/p+1/b10-8-,16-14-,22-20-,28-26-,54-52+. The third-order valence-corrected chi connectivity index (χ3v) is 14.2. The maximum atomic E-state index is 13.0. The lowest BCUT2D eigenvalue weighted by Crippen LogP contribution is -2.45. The smallest absolute Gasteiger partial charge is 0.387 e. The highest BCUT2D eigenvalue weighted by atomic mass is 31.2. The number of aliphatic hydroxyl groups is 1. The highest BCUT2D eigenvalue weighted by Gasteiger charge is 2.27. The molecule has 0 heterocycles. The summed E-state index contributed by atoms with van der Waals surface area (Å²) in [4.78, 5) is 23.3. The first-order valence-electron chi connectivity index (χ1n) is 29.7. The Hall–Kier alpha value is -1.80. The summed E-state index contributed by atoms with van der Waals surface area (Å²) in [6.07, 6.45) is 70.3. The van der Waals surface area contributed by atoms with Crippen molar-refractivity contribution < 1.29 is 32.9 Å². The van der Waals surface area contributed by atoms with Gasteiger partial charge in [0.1, 0.15) is 13.2 Å². The van der Waals surface area contributed by atoms with Crippen LogP contribution in [0.2, 0.25) is 0 Å². The Morgan fingerprint density at radius 2 is 0.857 bits per heavy atom. The summed E-state index contributed by atoms with van der Waals surface area (Å²) < 4.78 is 23.7. The molecule has 3 unspecified atom stereocenters. The van der Waals surface area contributed by atoms with Gasteiger partial charge >= 0.3 is 7.82 Å². The minimum absolute atomic E-state index is 0.0607. The molecule has 0 fully saturated rings. The highest BCUT2D eigenvalue weighted by molar-refractivity contribution is 7.47. The maximum absolute atomic E-state index is 13.0. The van der Waals surface area contributed by atoms with Crippen molar-refractivity contribution in [1.82, 2.24) is 5.32 Å². The van der Waals surface area contributed by atoms with Crippen molar-refractivity contribution in [2.24, 2.45) is 0 Å². The number of phosphoric ester groups is 1. The number of amides is 1. The second-order valence-electron chi connectivity index (χ2n) is 21.3. The summed E-state index contributed by atoms with van der Waals surface area (Å²) in [5.41, 5.74) is 0. The molecular weight excluding hydrogens is 888 g/mol. The van der Waals surface area contributed by atoms with Crippen LogP contribution in [0.5, 0.6) is 0 Å². The molecule has 1 amide bonds. The Labute approximate surface area is 434 Å². The Morgan fingerprint density at radius 1 is 0.500 bits per heavy atom. The SMILES string of the molecule is CC/C=C\C/C=C\C/C=C\C/C=C\CCCCCCCCCCCCCCCCC(=O)NC(COP(=O)(O)OCC[N+](C)(C)C)C(O)/C=C/CCCCCCCCCCCCCCCCCCCCC. The zero-order valence-corrected chi connectivity index (χ0v) is 47.7. The summed E-state index contributed by atoms with van der Waals surface area (Å²) >= 11 is 0. The average molecular weight is 1000 g/mol. The van der Waals surface area contributed by atoms with Gasteiger partial charge in [0.05, 0.1) is 39.9 Å². The number of carbonyl (C=O) groups excluding carboxylic acids is 1. The van der Waals surface area contributed by atoms with E-state index in [9.17, 15) is 19.4 Å². The number of rotatable bonds is 54. The molecule has 0 radical (unpaired) electrons. The lowest BCUT2D eigenvalue weighted by atomic mass is 10.0. The molecule has 0 aliphatic rings. The van der Waals surface area contributed by atoms with Crippen LogP contribution in [0.15, 0.2) is 60.8 Å². The van der Waals surface area contributed by atoms with Crippen molar-refractivity contribution in [1.29, 1.82) is 0 Å². The van der Waals surface area contributed by atoms with Crippen LogP contribution in [0.4, 0.5) is 0 Å². The van der Waals surface area contributed by atoms with Crippen LogP contribution in [0.25, 0.3) is 0 Å². The second-order valence-corrected chi connectivity index (χ2v) is 22.8. The number of carbonyl (C=O) groups is 1. The van der Waals surface area contributed by atoms with E-state index in [1.807, 2.05) is 27.2 Å². The molecule has 0 aromatic carbocycles. The lowest BCUT2D eigenvalue weighted by molar-refractivity contribution is -0.870. The van der Waals surface area contributed by atoms with Gasteiger partial charge in [-0.3, -0.25) is 13.8 Å². The molecule has 0 bridgehead atoms. The number of quaternary nitrogens is 1. The summed E-state index contributed by atoms with van der Waals surface area (Å²) in [7, 11) is 1.58. The fourth-order valence-corrected chi connectivity index (χ4v) is 9.36. The van der Waals surface area contributed by atoms with Gasteiger partial charge in [-0.25, -0.2) is 4.57 Å². The predicted molar refractivity (Wildman–Crippen MR) is 304 cm³/mol. The van der Waals surface area contributed by atoms with Crippen molar-refractivity contribution >= 4 is 13.7 Å². The minimum atomic E-state index is -4.35. The summed E-state index contributed by atoms with van der Waals surface area (Å²) in [5, 5.41) is 14.0. The molecule has 3 atom stereocenters. The first-order valence-corrected chi connectivity index (χ1v) is 31.2. The Balaban J connectivity index is 4.18. The predicted octanol–water partition coefficient (Wildman–Crippen LogP) is 18.1. The first kappa shape index (κ1) is 68.2. The molecule has 8 nitrogen and oxygen atoms in total. The minimum Gasteiger partial charge on any atom is -0.387 e. The van der Waals surface area contributed by atoms with Crippen LogP contribution >= 0.6 is 7.82 Å². The molecule has 0 aromatic rings. The van der Waals surface area contributed by atoms with Crippen molar-refractivity contribution in [2.75, 3.05) is 40.9 Å². The third-order valence-electron chi connectivity index (χ3n) is 13.2. The molecule has 0 rings (SSSR count). The van der Waals surface area contributed by atoms with Gasteiger partial charge in [0.2, 0.25) is 5.91 Å². The van der Waals surface area contributed by atoms with E-state index in [0.29, 0.717) is 17.4 Å². The van der Waals surface area contributed by atoms with Crippen LogP contribution in [0.1, 0.15) is 271 Å². The van der Waals surface area contributed by atoms with E-state index in [1.165, 1.54) is 186 Å². The zero-order chi connectivity index (χ0) is 51.3. The summed E-state index contributed by atoms with van der Waals surface area (Å²) in [6.45, 7) is 4.73. The molecule has 0 aliphatic heterocycles. The van der Waals surface area contributed by atoms with Gasteiger partial charge in [0, 0.05) is 6.42 Å². The fraction of sp³-hybridized carbons (Fsp3) is 0.820. The maximum Gasteiger partial charge on any atom is 0.472 e. The van der Waals surface area contributed by atoms with Crippen LogP contribution in [0, 0.1) is 0 Å². The van der Waals surface area contributed by atoms with Gasteiger partial charge in [-0.15, -0.1) is 0 Å². The molecule has 0 aromatic heterocycles. The van der Waals surface area contributed by atoms with E-state index in [0.717, 1.165) is 64.2 Å². The van der Waals surface area contributed by atoms with Gasteiger partial charge < -0.3 is 19.8 Å². The monoisotopic (exact) mass is 1000 g/mol. The summed E-state index contributed by atoms with van der Waals surface area (Å²) in [5.74, 6) is -0.176. The number of allylic oxidation sites excluding steroid dienone is 9. The van der Waals surface area contributed by atoms with Crippen LogP contribution in [-0.2, 0) is 18.4 Å². The van der Waals surface area contributed by atoms with E-state index >= 15 is 0 Å². The van der Waals surface area contributed by atoms with Gasteiger partial charge in [-0.1, -0.05) is 267 Å². The molecule has 70 heavy (non-hydrogen) atoms. The van der Waals surface area contributed by atoms with Crippen molar-refractivity contribution in [2.45, 2.75) is 283 Å². The van der Waals surface area contributed by atoms with Crippen LogP contribution in [-0.4, -0.2) is 73.4 Å². The van der Waals surface area contributed by atoms with Gasteiger partial charge in [-0.2, -0.15) is 0 Å². The number of phosphoric acid groups is 1. The van der Waals surface area contributed by atoms with Gasteiger partial charge in [0.15, 0.2) is 0 Å². The number of hydrogen-bond acceptors (Lipinski definition) is 5. The third kappa shape index (κ3) is 54.0. The van der Waals surface area contributed by atoms with Crippen molar-refractivity contribution in [3.05, 3.63) is 60.8 Å². The van der Waals surface area contributed by atoms with Gasteiger partial charge in [-0.05, 0) is 57.8 Å². The van der Waals surface area contributed by atoms with E-state index in [4.69, 9.17) is 9.05 Å². The number of nitrogens with zero attached hydrogens (tertiary/aromatic N) is 1. The van der Waals surface area contributed by atoms with Gasteiger partial charge in [0.25, 0.3) is 0 Å². The average Bonchev–Trinajstić information content (AvgIpc) is 3.32. The first-order chi connectivity index (χ1) is 34.0. The number of hydrogen-bond donors (Lipinski definition) is 3. The van der Waals surface area contributed by atoms with E-state index in [2.05, 4.69) is 67.8 Å². The largest absolute Gasteiger partial charge is 0.472 e. The second kappa shape index (κ2) is 52.1. The van der Waals surface area contributed by atoms with Crippen molar-refractivity contribution in [3.8, 4) is 0 Å². The zero-order valence-electron chi connectivity index (χ0n) is 46.8.